The summed E-state index contributed by atoms with van der Waals surface area (Å²) < 4.78 is 53.8. The lowest BCUT2D eigenvalue weighted by Crippen LogP contribution is -2.44. The van der Waals surface area contributed by atoms with Crippen molar-refractivity contribution in [1.29, 1.82) is 0 Å². The minimum Gasteiger partial charge on any atom is -0.508 e. The standard InChI is InChI=1S/C18H19F3O.C18H18O3.C14H14O.C12H30OSi2/c1-11-5-6-14(9-12(11)2)17(4,18(19,20)21)15-7-8-16(22)13(3)10-15;1-11-4-6-14(9-16(11)13(3)19)8-15-7-5-12(2)17(10-15)18(20)21;1-11-3-7-13(8-4-11)15-14-9-5-12(2)6-10-14;1-7-9-11-14(3,4)13-15(5,6)12-10-8-2/h5-10,22H,1-4H3;4-7,9-10H,8H2,1-3H3,(H,20,21);3-10H,1-2H3;7-12H2,1-6H3. The van der Waals surface area contributed by atoms with Crippen molar-refractivity contribution in [2.24, 2.45) is 0 Å². The molecule has 0 aliphatic heterocycles. The Morgan fingerprint density at radius 2 is 0.959 bits per heavy atom. The Labute approximate surface area is 437 Å². The molecule has 0 bridgehead atoms. The van der Waals surface area contributed by atoms with Gasteiger partial charge in [0.2, 0.25) is 0 Å². The van der Waals surface area contributed by atoms with E-state index in [1.165, 1.54) is 80.1 Å². The second kappa shape index (κ2) is 27.5. The largest absolute Gasteiger partial charge is 0.508 e. The predicted molar refractivity (Wildman–Crippen MR) is 301 cm³/mol. The number of unbranched alkanes of at least 4 members (excludes halogenated alkanes) is 2. The molecule has 6 aromatic carbocycles. The van der Waals surface area contributed by atoms with E-state index in [-0.39, 0.29) is 22.7 Å². The van der Waals surface area contributed by atoms with Crippen LogP contribution in [0.2, 0.25) is 38.3 Å². The van der Waals surface area contributed by atoms with Crippen LogP contribution in [0.15, 0.2) is 121 Å². The molecule has 6 nitrogen and oxygen atoms in total. The Morgan fingerprint density at radius 3 is 1.36 bits per heavy atom. The van der Waals surface area contributed by atoms with Gasteiger partial charge in [-0.1, -0.05) is 130 Å². The average Bonchev–Trinajstić information content (AvgIpc) is 3.31. The van der Waals surface area contributed by atoms with Gasteiger partial charge in [-0.05, 0) is 200 Å². The zero-order valence-corrected chi connectivity index (χ0v) is 48.2. The van der Waals surface area contributed by atoms with Crippen LogP contribution in [0.1, 0.15) is 135 Å². The van der Waals surface area contributed by atoms with Gasteiger partial charge in [0.25, 0.3) is 0 Å². The van der Waals surface area contributed by atoms with Crippen LogP contribution >= 0.6 is 0 Å². The van der Waals surface area contributed by atoms with E-state index in [0.717, 1.165) is 50.4 Å². The lowest BCUT2D eigenvalue weighted by atomic mass is 9.74. The number of ketones is 1. The van der Waals surface area contributed by atoms with Gasteiger partial charge in [-0.15, -0.1) is 0 Å². The number of hydrogen-bond acceptors (Lipinski definition) is 5. The fourth-order valence-corrected chi connectivity index (χ4v) is 17.5. The zero-order chi connectivity index (χ0) is 54.9. The van der Waals surface area contributed by atoms with Gasteiger partial charge in [0.05, 0.1) is 5.56 Å². The van der Waals surface area contributed by atoms with Gasteiger partial charge in [0.15, 0.2) is 22.4 Å². The zero-order valence-electron chi connectivity index (χ0n) is 46.2. The number of alkyl halides is 3. The van der Waals surface area contributed by atoms with Crippen molar-refractivity contribution in [3.8, 4) is 17.2 Å². The summed E-state index contributed by atoms with van der Waals surface area (Å²) in [6.07, 6.45) is 1.46. The van der Waals surface area contributed by atoms with Crippen molar-refractivity contribution in [3.05, 3.63) is 194 Å². The van der Waals surface area contributed by atoms with Gasteiger partial charge in [-0.2, -0.15) is 13.2 Å². The molecular weight excluding hydrogens is 954 g/mol. The van der Waals surface area contributed by atoms with Crippen molar-refractivity contribution in [1.82, 2.24) is 0 Å². The maximum absolute atomic E-state index is 13.9. The number of carboxylic acids is 1. The van der Waals surface area contributed by atoms with E-state index >= 15 is 0 Å². The molecule has 0 spiro atoms. The molecule has 0 aromatic heterocycles. The van der Waals surface area contributed by atoms with E-state index in [2.05, 4.69) is 53.9 Å². The minimum absolute atomic E-state index is 0.00615. The van der Waals surface area contributed by atoms with Gasteiger partial charge in [0, 0.05) is 5.56 Å². The fourth-order valence-electron chi connectivity index (χ4n) is 8.32. The maximum atomic E-state index is 13.9. The van der Waals surface area contributed by atoms with Crippen molar-refractivity contribution < 1.29 is 41.8 Å². The second-order valence-corrected chi connectivity index (χ2v) is 29.7. The monoisotopic (exact) mass is 1030 g/mol. The van der Waals surface area contributed by atoms with Gasteiger partial charge in [0.1, 0.15) is 22.7 Å². The van der Waals surface area contributed by atoms with Crippen molar-refractivity contribution in [2.75, 3.05) is 0 Å². The third kappa shape index (κ3) is 19.2. The lowest BCUT2D eigenvalue weighted by molar-refractivity contribution is -0.173. The number of carbonyl (C=O) groups is 2. The molecule has 1 unspecified atom stereocenters. The highest BCUT2D eigenvalue weighted by Crippen LogP contribution is 2.47. The van der Waals surface area contributed by atoms with Crippen molar-refractivity contribution >= 4 is 28.4 Å². The summed E-state index contributed by atoms with van der Waals surface area (Å²) in [7, 11) is -2.70. The summed E-state index contributed by atoms with van der Waals surface area (Å²) in [5.74, 6) is 0.884. The molecule has 0 radical (unpaired) electrons. The first-order valence-electron chi connectivity index (χ1n) is 25.4. The quantitative estimate of drug-likeness (QED) is 0.0741. The molecule has 0 saturated carbocycles. The number of ether oxygens (including phenoxy) is 1. The summed E-state index contributed by atoms with van der Waals surface area (Å²) >= 11 is 0. The van der Waals surface area contributed by atoms with E-state index in [4.69, 9.17) is 14.0 Å². The molecule has 0 heterocycles. The van der Waals surface area contributed by atoms with Crippen LogP contribution in [0.4, 0.5) is 13.2 Å². The lowest BCUT2D eigenvalue weighted by Gasteiger charge is -2.34. The van der Waals surface area contributed by atoms with Crippen molar-refractivity contribution in [3.63, 3.8) is 0 Å². The molecule has 0 saturated heterocycles. The molecular formula is C62H81F3O6Si2. The Hall–Kier alpha value is -5.76. The fraction of sp³-hybridized carbons (Fsp3) is 0.387. The number of carbonyl (C=O) groups excluding carboxylic acids is 1. The third-order valence-electron chi connectivity index (χ3n) is 13.1. The summed E-state index contributed by atoms with van der Waals surface area (Å²) in [4.78, 5) is 22.8. The second-order valence-electron chi connectivity index (χ2n) is 20.8. The molecule has 0 amide bonds. The number of aryl methyl sites for hydroxylation is 7. The first-order valence-corrected chi connectivity index (χ1v) is 31.6. The van der Waals surface area contributed by atoms with E-state index in [9.17, 15) is 27.9 Å². The Kier molecular flexibility index (Phi) is 23.2. The Morgan fingerprint density at radius 1 is 0.548 bits per heavy atom. The van der Waals surface area contributed by atoms with Crippen LogP contribution in [0.25, 0.3) is 0 Å². The van der Waals surface area contributed by atoms with Crippen LogP contribution in [0, 0.1) is 48.5 Å². The maximum Gasteiger partial charge on any atom is 0.402 e. The van der Waals surface area contributed by atoms with Gasteiger partial charge in [-0.25, -0.2) is 4.79 Å². The topological polar surface area (TPSA) is 93.1 Å². The highest BCUT2D eigenvalue weighted by atomic mass is 28.4. The van der Waals surface area contributed by atoms with E-state index in [0.29, 0.717) is 17.5 Å². The smallest absolute Gasteiger partial charge is 0.402 e. The first kappa shape index (κ1) is 61.5. The number of rotatable bonds is 16. The molecule has 11 heteroatoms. The normalized spacial score (nSPS) is 12.2. The number of aromatic hydroxyl groups is 1. The Bertz CT molecular complexity index is 2550. The molecule has 1 atom stereocenters. The highest BCUT2D eigenvalue weighted by Gasteiger charge is 2.53. The van der Waals surface area contributed by atoms with Crippen LogP contribution < -0.4 is 4.74 Å². The molecule has 394 valence electrons. The van der Waals surface area contributed by atoms with Gasteiger partial charge < -0.3 is 19.1 Å². The minimum atomic E-state index is -4.45. The predicted octanol–water partition coefficient (Wildman–Crippen LogP) is 18.1. The van der Waals surface area contributed by atoms with Crippen molar-refractivity contribution in [2.45, 2.75) is 158 Å². The van der Waals surface area contributed by atoms with Gasteiger partial charge in [-0.3, -0.25) is 4.79 Å². The number of aromatic carboxylic acids is 1. The molecule has 73 heavy (non-hydrogen) atoms. The summed E-state index contributed by atoms with van der Waals surface area (Å²) in [6.45, 7) is 29.9. The summed E-state index contributed by atoms with van der Waals surface area (Å²) in [5.41, 5.74) is 7.58. The molecule has 0 aliphatic carbocycles. The number of carboxylic acid groups (broad SMARTS) is 1. The number of hydrogen-bond donors (Lipinski definition) is 2. The van der Waals surface area contributed by atoms with Gasteiger partial charge >= 0.3 is 12.1 Å². The van der Waals surface area contributed by atoms with Crippen LogP contribution in [0.3, 0.4) is 0 Å². The SMILES string of the molecule is CC(=O)c1cc(Cc2ccc(C)c(C(=O)O)c2)ccc1C.CCCC[Si](C)(C)O[Si](C)(C)CCCC.Cc1ccc(C(C)(c2ccc(O)c(C)c2)C(F)(F)F)cc1C.Cc1ccc(Oc2ccc(C)cc2)cc1. The third-order valence-corrected chi connectivity index (χ3v) is 20.7. The highest BCUT2D eigenvalue weighted by molar-refractivity contribution is 6.84. The number of phenols is 1. The number of halogens is 3. The first-order chi connectivity index (χ1) is 34.0. The van der Waals surface area contributed by atoms with E-state index in [1.807, 2.05) is 92.7 Å². The van der Waals surface area contributed by atoms with Crippen LogP contribution in [-0.4, -0.2) is 44.8 Å². The number of Topliss-reactive ketones (excluding diaryl/α,β-unsaturated/α-hetero) is 1. The van der Waals surface area contributed by atoms with Crippen LogP contribution in [-0.2, 0) is 16.0 Å². The summed E-state index contributed by atoms with van der Waals surface area (Å²) in [6, 6.07) is 38.9. The molecule has 6 aromatic rings. The molecule has 0 aliphatic rings. The molecule has 2 N–H and O–H groups in total. The Balaban J connectivity index is 0.000000261. The molecule has 6 rings (SSSR count). The van der Waals surface area contributed by atoms with E-state index < -0.39 is 34.2 Å². The molecule has 0 fully saturated rings. The average molecular weight is 1040 g/mol. The van der Waals surface area contributed by atoms with E-state index in [1.54, 1.807) is 45.9 Å². The van der Waals surface area contributed by atoms with Crippen LogP contribution in [0.5, 0.6) is 17.2 Å². The number of benzene rings is 6. The number of phenolic OH excluding ortho intramolecular Hbond substituents is 1. The summed E-state index contributed by atoms with van der Waals surface area (Å²) in [5, 5.41) is 18.7.